The van der Waals surface area contributed by atoms with Crippen LogP contribution in [0.25, 0.3) is 0 Å². The second-order valence-corrected chi connectivity index (χ2v) is 10.6. The molecular formula is C28H29Cl2NO5S. The Morgan fingerprint density at radius 2 is 1.84 bits per heavy atom. The standard InChI is InChI=1S/C28H29Cl2NO5S/c1-4-9-18-24(28(34)36-6-3)21(15-10-7-11-17(29)25(15)30)23-19(31-18)14-16(20-12-8-13-37-20)22(26(23)32)27(33)35-5-2/h7-8,10-13,16,21-22,31H,4-6,9,14H2,1-3H3. The zero-order chi connectivity index (χ0) is 26.7. The van der Waals surface area contributed by atoms with Gasteiger partial charge in [-0.25, -0.2) is 4.79 Å². The van der Waals surface area contributed by atoms with Crippen molar-refractivity contribution in [3.8, 4) is 0 Å². The van der Waals surface area contributed by atoms with Gasteiger partial charge in [-0.05, 0) is 49.8 Å². The van der Waals surface area contributed by atoms with Gasteiger partial charge in [0.15, 0.2) is 5.78 Å². The van der Waals surface area contributed by atoms with Crippen LogP contribution in [0.3, 0.4) is 0 Å². The van der Waals surface area contributed by atoms with E-state index in [1.54, 1.807) is 32.0 Å². The van der Waals surface area contributed by atoms with Gasteiger partial charge >= 0.3 is 11.9 Å². The van der Waals surface area contributed by atoms with Gasteiger partial charge in [-0.3, -0.25) is 9.59 Å². The molecule has 0 radical (unpaired) electrons. The minimum Gasteiger partial charge on any atom is -0.465 e. The third-order valence-corrected chi connectivity index (χ3v) is 8.48. The SMILES string of the molecule is CCCC1=C(C(=O)OCC)C(c2cccc(Cl)c2Cl)C2=C(CC(c3cccs3)C(C(=O)OCC)C2=O)N1. The average molecular weight is 563 g/mol. The molecule has 3 unspecified atom stereocenters. The highest BCUT2D eigenvalue weighted by molar-refractivity contribution is 7.10. The summed E-state index contributed by atoms with van der Waals surface area (Å²) < 4.78 is 10.8. The summed E-state index contributed by atoms with van der Waals surface area (Å²) in [7, 11) is 0. The maximum Gasteiger partial charge on any atom is 0.336 e. The van der Waals surface area contributed by atoms with Crippen LogP contribution in [0.2, 0.25) is 10.0 Å². The number of ketones is 1. The maximum atomic E-state index is 14.3. The van der Waals surface area contributed by atoms with Gasteiger partial charge in [0.1, 0.15) is 5.92 Å². The van der Waals surface area contributed by atoms with Gasteiger partial charge in [0.05, 0.1) is 28.8 Å². The highest BCUT2D eigenvalue weighted by Crippen LogP contribution is 2.50. The minimum absolute atomic E-state index is 0.155. The van der Waals surface area contributed by atoms with Crippen LogP contribution >= 0.6 is 34.5 Å². The normalized spacial score (nSPS) is 21.4. The first-order chi connectivity index (χ1) is 17.8. The molecule has 9 heteroatoms. The summed E-state index contributed by atoms with van der Waals surface area (Å²) in [5.41, 5.74) is 2.54. The molecule has 37 heavy (non-hydrogen) atoms. The lowest BCUT2D eigenvalue weighted by atomic mass is 9.68. The molecule has 1 aliphatic carbocycles. The van der Waals surface area contributed by atoms with E-state index in [1.165, 1.54) is 11.3 Å². The second kappa shape index (κ2) is 11.8. The van der Waals surface area contributed by atoms with Crippen LogP contribution < -0.4 is 5.32 Å². The third-order valence-electron chi connectivity index (χ3n) is 6.64. The van der Waals surface area contributed by atoms with E-state index in [0.717, 1.165) is 11.3 Å². The van der Waals surface area contributed by atoms with Crippen molar-refractivity contribution in [2.45, 2.75) is 51.9 Å². The lowest BCUT2D eigenvalue weighted by molar-refractivity contribution is -0.152. The minimum atomic E-state index is -1.05. The molecule has 1 aromatic carbocycles. The number of rotatable bonds is 8. The Hall–Kier alpha value is -2.61. The first kappa shape index (κ1) is 27.4. The van der Waals surface area contributed by atoms with Crippen molar-refractivity contribution in [2.75, 3.05) is 13.2 Å². The van der Waals surface area contributed by atoms with Gasteiger partial charge in [0.25, 0.3) is 0 Å². The fourth-order valence-electron chi connectivity index (χ4n) is 5.17. The Kier molecular flexibility index (Phi) is 8.78. The van der Waals surface area contributed by atoms with Crippen LogP contribution in [0.1, 0.15) is 62.3 Å². The second-order valence-electron chi connectivity index (χ2n) is 8.88. The fourth-order valence-corrected chi connectivity index (χ4v) is 6.45. The van der Waals surface area contributed by atoms with Crippen LogP contribution in [-0.4, -0.2) is 30.9 Å². The zero-order valence-corrected chi connectivity index (χ0v) is 23.3. The molecule has 2 aliphatic rings. The zero-order valence-electron chi connectivity index (χ0n) is 20.9. The highest BCUT2D eigenvalue weighted by Gasteiger charge is 2.50. The molecule has 0 amide bonds. The molecule has 3 atom stereocenters. The van der Waals surface area contributed by atoms with Gasteiger partial charge in [0.2, 0.25) is 0 Å². The number of thiophene rings is 1. The predicted octanol–water partition coefficient (Wildman–Crippen LogP) is 6.55. The van der Waals surface area contributed by atoms with E-state index in [2.05, 4.69) is 5.32 Å². The highest BCUT2D eigenvalue weighted by atomic mass is 35.5. The molecule has 6 nitrogen and oxygen atoms in total. The Labute approximate surface area is 230 Å². The monoisotopic (exact) mass is 561 g/mol. The number of allylic oxidation sites excluding steroid dienone is 3. The van der Waals surface area contributed by atoms with E-state index < -0.39 is 23.8 Å². The van der Waals surface area contributed by atoms with Crippen molar-refractivity contribution in [1.29, 1.82) is 0 Å². The summed E-state index contributed by atoms with van der Waals surface area (Å²) in [6, 6.07) is 8.98. The Bertz CT molecular complexity index is 1270. The van der Waals surface area contributed by atoms with Crippen LogP contribution in [0, 0.1) is 5.92 Å². The number of Topliss-reactive ketones (excluding diaryl/α,β-unsaturated/α-hetero) is 1. The van der Waals surface area contributed by atoms with E-state index >= 15 is 0 Å². The van der Waals surface area contributed by atoms with Crippen LogP contribution in [0.5, 0.6) is 0 Å². The van der Waals surface area contributed by atoms with Crippen molar-refractivity contribution in [1.82, 2.24) is 5.32 Å². The lowest BCUT2D eigenvalue weighted by Crippen LogP contribution is -2.43. The summed E-state index contributed by atoms with van der Waals surface area (Å²) in [4.78, 5) is 41.8. The Morgan fingerprint density at radius 3 is 2.49 bits per heavy atom. The molecule has 0 spiro atoms. The first-order valence-electron chi connectivity index (χ1n) is 12.4. The van der Waals surface area contributed by atoms with Gasteiger partial charge in [0, 0.05) is 33.7 Å². The molecule has 0 bridgehead atoms. The van der Waals surface area contributed by atoms with Gasteiger partial charge in [-0.1, -0.05) is 54.7 Å². The number of nitrogens with one attached hydrogen (secondary N) is 1. The van der Waals surface area contributed by atoms with E-state index in [9.17, 15) is 14.4 Å². The molecule has 1 aliphatic heterocycles. The van der Waals surface area contributed by atoms with Crippen LogP contribution in [0.4, 0.5) is 0 Å². The molecule has 196 valence electrons. The molecule has 0 saturated heterocycles. The first-order valence-corrected chi connectivity index (χ1v) is 14.1. The maximum absolute atomic E-state index is 14.3. The van der Waals surface area contributed by atoms with E-state index in [-0.39, 0.29) is 29.9 Å². The molecule has 2 aromatic rings. The number of carbonyl (C=O) groups excluding carboxylic acids is 3. The van der Waals surface area contributed by atoms with Crippen LogP contribution in [-0.2, 0) is 23.9 Å². The lowest BCUT2D eigenvalue weighted by Gasteiger charge is -2.39. The molecule has 0 fully saturated rings. The van der Waals surface area contributed by atoms with E-state index in [1.807, 2.05) is 24.4 Å². The van der Waals surface area contributed by atoms with Gasteiger partial charge in [-0.2, -0.15) is 0 Å². The molecule has 1 aromatic heterocycles. The quantitative estimate of drug-likeness (QED) is 0.290. The molecule has 1 N–H and O–H groups in total. The van der Waals surface area contributed by atoms with Crippen LogP contribution in [0.15, 0.2) is 58.3 Å². The van der Waals surface area contributed by atoms with Crippen molar-refractivity contribution < 1.29 is 23.9 Å². The van der Waals surface area contributed by atoms with E-state index in [0.29, 0.717) is 46.0 Å². The summed E-state index contributed by atoms with van der Waals surface area (Å²) >= 11 is 14.6. The topological polar surface area (TPSA) is 81.7 Å². The fraction of sp³-hybridized carbons (Fsp3) is 0.393. The van der Waals surface area contributed by atoms with Gasteiger partial charge in [-0.15, -0.1) is 11.3 Å². The van der Waals surface area contributed by atoms with Crippen molar-refractivity contribution in [3.63, 3.8) is 0 Å². The summed E-state index contributed by atoms with van der Waals surface area (Å²) in [6.07, 6.45) is 1.74. The number of esters is 2. The third kappa shape index (κ3) is 5.22. The van der Waals surface area contributed by atoms with Crippen molar-refractivity contribution in [3.05, 3.63) is 78.7 Å². The Balaban J connectivity index is 1.96. The molecule has 4 rings (SSSR count). The van der Waals surface area contributed by atoms with E-state index in [4.69, 9.17) is 32.7 Å². The van der Waals surface area contributed by atoms with Crippen molar-refractivity contribution >= 4 is 52.3 Å². The number of benzene rings is 1. The summed E-state index contributed by atoms with van der Waals surface area (Å²) in [6.45, 7) is 5.78. The number of hydrogen-bond acceptors (Lipinski definition) is 7. The average Bonchev–Trinajstić information content (AvgIpc) is 3.40. The number of hydrogen-bond donors (Lipinski definition) is 1. The van der Waals surface area contributed by atoms with Crippen molar-refractivity contribution in [2.24, 2.45) is 5.92 Å². The molecule has 2 heterocycles. The van der Waals surface area contributed by atoms with Gasteiger partial charge < -0.3 is 14.8 Å². The predicted molar refractivity (Wildman–Crippen MR) is 145 cm³/mol. The smallest absolute Gasteiger partial charge is 0.336 e. The Morgan fingerprint density at radius 1 is 1.08 bits per heavy atom. The largest absolute Gasteiger partial charge is 0.465 e. The number of dihydropyridines is 1. The molecular weight excluding hydrogens is 533 g/mol. The summed E-state index contributed by atoms with van der Waals surface area (Å²) in [5.74, 6) is -3.77. The number of ether oxygens (including phenoxy) is 2. The molecule has 0 saturated carbocycles. The number of carbonyl (C=O) groups is 3. The number of halogens is 2. The summed E-state index contributed by atoms with van der Waals surface area (Å²) in [5, 5.41) is 5.89.